The number of unbranched alkanes of at least 4 members (excludes halogenated alkanes) is 1. The van der Waals surface area contributed by atoms with Gasteiger partial charge in [0.15, 0.2) is 0 Å². The molecule has 1 aliphatic rings. The Kier molecular flexibility index (Phi) is 5.13. The zero-order valence-electron chi connectivity index (χ0n) is 11.3. The Labute approximate surface area is 109 Å². The van der Waals surface area contributed by atoms with Crippen LogP contribution in [-0.4, -0.2) is 35.3 Å². The van der Waals surface area contributed by atoms with Crippen LogP contribution in [-0.2, 0) is 24.1 Å². The van der Waals surface area contributed by atoms with Gasteiger partial charge in [-0.15, -0.1) is 5.10 Å². The molecule has 102 valence electrons. The lowest BCUT2D eigenvalue weighted by molar-refractivity contribution is 0.190. The van der Waals surface area contributed by atoms with Gasteiger partial charge in [0.1, 0.15) is 0 Å². The van der Waals surface area contributed by atoms with E-state index in [-0.39, 0.29) is 0 Å². The van der Waals surface area contributed by atoms with E-state index in [1.807, 2.05) is 0 Å². The lowest BCUT2D eigenvalue weighted by atomic mass is 10.1. The average molecular weight is 252 g/mol. The molecule has 0 aliphatic heterocycles. The fourth-order valence-electron chi connectivity index (χ4n) is 2.21. The summed E-state index contributed by atoms with van der Waals surface area (Å²) in [5, 5.41) is 8.57. The fraction of sp³-hybridized carbons (Fsp3) is 0.846. The molecule has 0 unspecified atom stereocenters. The standard InChI is InChI=1S/C13H24N4O/c1-18-9-3-2-8-17-13(10-11-4-5-11)12(6-7-14)15-16-17/h11H,2-10,14H2,1H3. The second kappa shape index (κ2) is 6.85. The SMILES string of the molecule is COCCCCn1nnc(CCN)c1CC1CC1. The smallest absolute Gasteiger partial charge is 0.0871 e. The van der Waals surface area contributed by atoms with Crippen LogP contribution >= 0.6 is 0 Å². The molecule has 1 heterocycles. The second-order valence-electron chi connectivity index (χ2n) is 5.09. The molecule has 18 heavy (non-hydrogen) atoms. The van der Waals surface area contributed by atoms with Crippen molar-refractivity contribution >= 4 is 0 Å². The monoisotopic (exact) mass is 252 g/mol. The van der Waals surface area contributed by atoms with Crippen molar-refractivity contribution in [1.82, 2.24) is 15.0 Å². The van der Waals surface area contributed by atoms with Crippen LogP contribution in [0.5, 0.6) is 0 Å². The first kappa shape index (κ1) is 13.5. The molecule has 5 heteroatoms. The Balaban J connectivity index is 1.93. The molecule has 0 aromatic carbocycles. The number of nitrogens with two attached hydrogens (primary N) is 1. The van der Waals surface area contributed by atoms with Gasteiger partial charge in [-0.2, -0.15) is 0 Å². The first-order valence-electron chi connectivity index (χ1n) is 6.95. The first-order valence-corrected chi connectivity index (χ1v) is 6.95. The lowest BCUT2D eigenvalue weighted by Gasteiger charge is -2.07. The number of aromatic nitrogens is 3. The van der Waals surface area contributed by atoms with Crippen LogP contribution < -0.4 is 5.73 Å². The Morgan fingerprint density at radius 3 is 2.89 bits per heavy atom. The molecule has 1 aromatic heterocycles. The van der Waals surface area contributed by atoms with Gasteiger partial charge in [0.2, 0.25) is 0 Å². The van der Waals surface area contributed by atoms with E-state index in [4.69, 9.17) is 10.5 Å². The summed E-state index contributed by atoms with van der Waals surface area (Å²) in [6.07, 6.45) is 6.86. The van der Waals surface area contributed by atoms with E-state index < -0.39 is 0 Å². The fourth-order valence-corrected chi connectivity index (χ4v) is 2.21. The number of hydrogen-bond donors (Lipinski definition) is 1. The van der Waals surface area contributed by atoms with Gasteiger partial charge < -0.3 is 10.5 Å². The first-order chi connectivity index (χ1) is 8.85. The van der Waals surface area contributed by atoms with Crippen LogP contribution in [0.3, 0.4) is 0 Å². The number of methoxy groups -OCH3 is 1. The van der Waals surface area contributed by atoms with Gasteiger partial charge >= 0.3 is 0 Å². The minimum Gasteiger partial charge on any atom is -0.385 e. The van der Waals surface area contributed by atoms with Gasteiger partial charge in [0, 0.05) is 26.7 Å². The Morgan fingerprint density at radius 2 is 2.22 bits per heavy atom. The third-order valence-corrected chi connectivity index (χ3v) is 3.45. The molecular weight excluding hydrogens is 228 g/mol. The van der Waals surface area contributed by atoms with Gasteiger partial charge in [-0.1, -0.05) is 5.21 Å². The third kappa shape index (κ3) is 3.78. The van der Waals surface area contributed by atoms with Crippen molar-refractivity contribution in [1.29, 1.82) is 0 Å². The van der Waals surface area contributed by atoms with Gasteiger partial charge in [-0.3, -0.25) is 0 Å². The molecule has 0 radical (unpaired) electrons. The van der Waals surface area contributed by atoms with E-state index in [9.17, 15) is 0 Å². The average Bonchev–Trinajstić information content (AvgIpc) is 3.11. The Hall–Kier alpha value is -0.940. The maximum atomic E-state index is 5.63. The molecule has 0 amide bonds. The molecule has 0 bridgehead atoms. The maximum Gasteiger partial charge on any atom is 0.0871 e. The number of ether oxygens (including phenoxy) is 1. The molecule has 1 aromatic rings. The highest BCUT2D eigenvalue weighted by atomic mass is 16.5. The summed E-state index contributed by atoms with van der Waals surface area (Å²) in [7, 11) is 1.74. The minimum atomic E-state index is 0.653. The normalized spacial score (nSPS) is 15.2. The van der Waals surface area contributed by atoms with E-state index in [2.05, 4.69) is 15.0 Å². The van der Waals surface area contributed by atoms with Crippen LogP contribution in [0.25, 0.3) is 0 Å². The quantitative estimate of drug-likeness (QED) is 0.670. The van der Waals surface area contributed by atoms with E-state index >= 15 is 0 Å². The van der Waals surface area contributed by atoms with E-state index in [0.717, 1.165) is 50.4 Å². The summed E-state index contributed by atoms with van der Waals surface area (Å²) in [6, 6.07) is 0. The molecule has 2 N–H and O–H groups in total. The van der Waals surface area contributed by atoms with Gasteiger partial charge in [-0.05, 0) is 44.6 Å². The van der Waals surface area contributed by atoms with Crippen molar-refractivity contribution < 1.29 is 4.74 Å². The summed E-state index contributed by atoms with van der Waals surface area (Å²) in [5.41, 5.74) is 8.06. The topological polar surface area (TPSA) is 66.0 Å². The van der Waals surface area contributed by atoms with Crippen molar-refractivity contribution in [2.45, 2.75) is 45.1 Å². The van der Waals surface area contributed by atoms with Crippen LogP contribution in [0.2, 0.25) is 0 Å². The molecular formula is C13H24N4O. The van der Waals surface area contributed by atoms with Crippen LogP contribution in [0.15, 0.2) is 0 Å². The molecule has 1 fully saturated rings. The summed E-state index contributed by atoms with van der Waals surface area (Å²) in [6.45, 7) is 2.42. The molecule has 2 rings (SSSR count). The summed E-state index contributed by atoms with van der Waals surface area (Å²) in [5.74, 6) is 0.859. The minimum absolute atomic E-state index is 0.653. The number of hydrogen-bond acceptors (Lipinski definition) is 4. The van der Waals surface area contributed by atoms with Crippen molar-refractivity contribution in [2.75, 3.05) is 20.3 Å². The Bertz CT molecular complexity index is 360. The number of rotatable bonds is 9. The van der Waals surface area contributed by atoms with E-state index in [1.54, 1.807) is 7.11 Å². The van der Waals surface area contributed by atoms with Crippen molar-refractivity contribution in [3.05, 3.63) is 11.4 Å². The highest BCUT2D eigenvalue weighted by molar-refractivity contribution is 5.13. The number of nitrogens with zero attached hydrogens (tertiary/aromatic N) is 3. The zero-order valence-corrected chi connectivity index (χ0v) is 11.3. The van der Waals surface area contributed by atoms with Crippen LogP contribution in [0.4, 0.5) is 0 Å². The van der Waals surface area contributed by atoms with Crippen molar-refractivity contribution in [2.24, 2.45) is 11.7 Å². The predicted octanol–water partition coefficient (Wildman–Crippen LogP) is 1.16. The molecule has 0 atom stereocenters. The Morgan fingerprint density at radius 1 is 1.39 bits per heavy atom. The third-order valence-electron chi connectivity index (χ3n) is 3.45. The summed E-state index contributed by atoms with van der Waals surface area (Å²) in [4.78, 5) is 0. The number of aryl methyl sites for hydroxylation is 1. The predicted molar refractivity (Wildman–Crippen MR) is 70.3 cm³/mol. The van der Waals surface area contributed by atoms with Gasteiger partial charge in [0.25, 0.3) is 0 Å². The highest BCUT2D eigenvalue weighted by Crippen LogP contribution is 2.33. The van der Waals surface area contributed by atoms with E-state index in [1.165, 1.54) is 18.5 Å². The largest absolute Gasteiger partial charge is 0.385 e. The van der Waals surface area contributed by atoms with E-state index in [0.29, 0.717) is 6.54 Å². The maximum absolute atomic E-state index is 5.63. The highest BCUT2D eigenvalue weighted by Gasteiger charge is 2.25. The second-order valence-corrected chi connectivity index (χ2v) is 5.09. The summed E-state index contributed by atoms with van der Waals surface area (Å²) < 4.78 is 7.15. The van der Waals surface area contributed by atoms with Crippen LogP contribution in [0.1, 0.15) is 37.1 Å². The van der Waals surface area contributed by atoms with Gasteiger partial charge in [-0.25, -0.2) is 4.68 Å². The zero-order chi connectivity index (χ0) is 12.8. The molecule has 1 saturated carbocycles. The molecule has 0 spiro atoms. The molecule has 0 saturated heterocycles. The molecule has 1 aliphatic carbocycles. The van der Waals surface area contributed by atoms with Crippen molar-refractivity contribution in [3.63, 3.8) is 0 Å². The lowest BCUT2D eigenvalue weighted by Crippen LogP contribution is -2.10. The van der Waals surface area contributed by atoms with Crippen LogP contribution in [0, 0.1) is 5.92 Å². The molecule has 5 nitrogen and oxygen atoms in total. The summed E-state index contributed by atoms with van der Waals surface area (Å²) >= 11 is 0. The van der Waals surface area contributed by atoms with Crippen molar-refractivity contribution in [3.8, 4) is 0 Å². The van der Waals surface area contributed by atoms with Gasteiger partial charge in [0.05, 0.1) is 11.4 Å².